The molecule has 0 saturated carbocycles. The van der Waals surface area contributed by atoms with Gasteiger partial charge in [0.2, 0.25) is 10.7 Å². The minimum absolute atomic E-state index is 0.298. The van der Waals surface area contributed by atoms with Gasteiger partial charge in [0.1, 0.15) is 5.01 Å². The van der Waals surface area contributed by atoms with Crippen LogP contribution in [0.5, 0.6) is 17.2 Å². The molecular formula is C21H21N5O4S. The molecular weight excluding hydrogens is 418 g/mol. The Bertz CT molecular complexity index is 1260. The molecule has 9 nitrogen and oxygen atoms in total. The second-order valence-corrected chi connectivity index (χ2v) is 7.65. The summed E-state index contributed by atoms with van der Waals surface area (Å²) in [6, 6.07) is 8.91. The fourth-order valence-corrected chi connectivity index (χ4v) is 4.20. The number of hydrogen-bond acceptors (Lipinski definition) is 8. The van der Waals surface area contributed by atoms with Crippen molar-refractivity contribution < 1.29 is 19.0 Å². The predicted molar refractivity (Wildman–Crippen MR) is 118 cm³/mol. The van der Waals surface area contributed by atoms with Gasteiger partial charge in [-0.2, -0.15) is 9.61 Å². The lowest BCUT2D eigenvalue weighted by Crippen LogP contribution is -2.13. The van der Waals surface area contributed by atoms with Gasteiger partial charge in [-0.05, 0) is 37.6 Å². The van der Waals surface area contributed by atoms with Crippen LogP contribution in [-0.2, 0) is 0 Å². The van der Waals surface area contributed by atoms with E-state index in [4.69, 9.17) is 14.2 Å². The smallest absolute Gasteiger partial charge is 0.255 e. The van der Waals surface area contributed by atoms with Crippen molar-refractivity contribution in [1.82, 2.24) is 19.8 Å². The van der Waals surface area contributed by atoms with Crippen molar-refractivity contribution in [3.63, 3.8) is 0 Å². The van der Waals surface area contributed by atoms with Gasteiger partial charge >= 0.3 is 0 Å². The van der Waals surface area contributed by atoms with Gasteiger partial charge in [0, 0.05) is 16.8 Å². The van der Waals surface area contributed by atoms with Crippen LogP contribution in [0.4, 0.5) is 5.69 Å². The zero-order valence-corrected chi connectivity index (χ0v) is 18.5. The van der Waals surface area contributed by atoms with Gasteiger partial charge in [-0.15, -0.1) is 10.2 Å². The van der Waals surface area contributed by atoms with Crippen molar-refractivity contribution in [2.24, 2.45) is 0 Å². The standard InChI is InChI=1S/C21H21N5O4S/c1-11-14(20-25-26-12(2)23-24-21(26)31-20)7-6-8-15(11)22-19(27)13-9-16(28-3)18(30-5)17(10-13)29-4/h6-10H,1-5H3,(H,22,27). The molecule has 0 bridgehead atoms. The molecule has 2 aromatic carbocycles. The van der Waals surface area contributed by atoms with Crippen LogP contribution in [0.2, 0.25) is 0 Å². The molecule has 1 N–H and O–H groups in total. The molecule has 0 aliphatic carbocycles. The number of methoxy groups -OCH3 is 3. The number of anilines is 1. The first-order valence-corrected chi connectivity index (χ1v) is 10.2. The van der Waals surface area contributed by atoms with Gasteiger partial charge in [-0.1, -0.05) is 23.5 Å². The van der Waals surface area contributed by atoms with Crippen molar-refractivity contribution in [3.05, 3.63) is 47.3 Å². The van der Waals surface area contributed by atoms with Gasteiger partial charge in [-0.25, -0.2) is 0 Å². The highest BCUT2D eigenvalue weighted by atomic mass is 32.1. The Morgan fingerprint density at radius 1 is 1.03 bits per heavy atom. The van der Waals surface area contributed by atoms with Crippen LogP contribution in [0.1, 0.15) is 21.7 Å². The number of aromatic nitrogens is 4. The Labute approximate surface area is 182 Å². The van der Waals surface area contributed by atoms with E-state index in [1.54, 1.807) is 16.6 Å². The summed E-state index contributed by atoms with van der Waals surface area (Å²) in [7, 11) is 4.53. The Kier molecular flexibility index (Phi) is 5.47. The first-order valence-electron chi connectivity index (χ1n) is 9.37. The van der Waals surface area contributed by atoms with Crippen molar-refractivity contribution in [1.29, 1.82) is 0 Å². The zero-order chi connectivity index (χ0) is 22.1. The number of fused-ring (bicyclic) bond motifs is 1. The van der Waals surface area contributed by atoms with E-state index in [9.17, 15) is 4.79 Å². The minimum atomic E-state index is -0.298. The lowest BCUT2D eigenvalue weighted by atomic mass is 10.1. The van der Waals surface area contributed by atoms with Gasteiger partial charge in [0.15, 0.2) is 17.3 Å². The van der Waals surface area contributed by atoms with E-state index in [2.05, 4.69) is 20.6 Å². The normalized spacial score (nSPS) is 10.9. The van der Waals surface area contributed by atoms with E-state index in [0.29, 0.717) is 28.5 Å². The Hall–Kier alpha value is -3.66. The van der Waals surface area contributed by atoms with Crippen molar-refractivity contribution >= 4 is 27.9 Å². The molecule has 0 radical (unpaired) electrons. The first-order chi connectivity index (χ1) is 15.0. The van der Waals surface area contributed by atoms with Crippen LogP contribution in [-0.4, -0.2) is 47.0 Å². The van der Waals surface area contributed by atoms with Gasteiger partial charge in [0.25, 0.3) is 5.91 Å². The van der Waals surface area contributed by atoms with E-state index < -0.39 is 0 Å². The largest absolute Gasteiger partial charge is 0.493 e. The van der Waals surface area contributed by atoms with Crippen LogP contribution < -0.4 is 19.5 Å². The second-order valence-electron chi connectivity index (χ2n) is 6.70. The number of rotatable bonds is 6. The molecule has 0 saturated heterocycles. The molecule has 0 unspecified atom stereocenters. The topological polar surface area (TPSA) is 99.9 Å². The number of nitrogens with zero attached hydrogens (tertiary/aromatic N) is 4. The molecule has 4 aromatic rings. The highest BCUT2D eigenvalue weighted by Gasteiger charge is 2.19. The number of carbonyl (C=O) groups is 1. The number of carbonyl (C=O) groups excluding carboxylic acids is 1. The van der Waals surface area contributed by atoms with Crippen LogP contribution in [0.3, 0.4) is 0 Å². The number of benzene rings is 2. The summed E-state index contributed by atoms with van der Waals surface area (Å²) in [5.74, 6) is 1.67. The number of amides is 1. The third kappa shape index (κ3) is 3.66. The third-order valence-electron chi connectivity index (χ3n) is 4.89. The van der Waals surface area contributed by atoms with Gasteiger partial charge < -0.3 is 19.5 Å². The highest BCUT2D eigenvalue weighted by Crippen LogP contribution is 2.38. The molecule has 0 atom stereocenters. The molecule has 0 fully saturated rings. The third-order valence-corrected chi connectivity index (χ3v) is 5.82. The summed E-state index contributed by atoms with van der Waals surface area (Å²) in [5.41, 5.74) is 2.87. The van der Waals surface area contributed by atoms with Crippen molar-refractivity contribution in [3.8, 4) is 27.8 Å². The maximum Gasteiger partial charge on any atom is 0.255 e. The SMILES string of the molecule is COc1cc(C(=O)Nc2cccc(-c3nn4c(C)nnc4s3)c2C)cc(OC)c1OC. The lowest BCUT2D eigenvalue weighted by Gasteiger charge is -2.15. The van der Waals surface area contributed by atoms with Gasteiger partial charge in [-0.3, -0.25) is 4.79 Å². The molecule has 0 spiro atoms. The van der Waals surface area contributed by atoms with Crippen LogP contribution in [0.15, 0.2) is 30.3 Å². The van der Waals surface area contributed by atoms with Gasteiger partial charge in [0.05, 0.1) is 21.3 Å². The molecule has 2 heterocycles. The molecule has 4 rings (SSSR count). The molecule has 0 aliphatic heterocycles. The summed E-state index contributed by atoms with van der Waals surface area (Å²) < 4.78 is 17.7. The molecule has 10 heteroatoms. The van der Waals surface area contributed by atoms with E-state index >= 15 is 0 Å². The maximum atomic E-state index is 13.0. The van der Waals surface area contributed by atoms with E-state index in [0.717, 1.165) is 26.9 Å². The van der Waals surface area contributed by atoms with E-state index in [1.807, 2.05) is 32.0 Å². The number of aryl methyl sites for hydroxylation is 1. The van der Waals surface area contributed by atoms with Crippen LogP contribution in [0, 0.1) is 13.8 Å². The van der Waals surface area contributed by atoms with Crippen molar-refractivity contribution in [2.45, 2.75) is 13.8 Å². The number of ether oxygens (including phenoxy) is 3. The molecule has 1 amide bonds. The highest BCUT2D eigenvalue weighted by molar-refractivity contribution is 7.19. The van der Waals surface area contributed by atoms with Crippen LogP contribution in [0.25, 0.3) is 15.5 Å². The summed E-state index contributed by atoms with van der Waals surface area (Å²) in [6.45, 7) is 3.79. The minimum Gasteiger partial charge on any atom is -0.493 e. The van der Waals surface area contributed by atoms with Crippen molar-refractivity contribution in [2.75, 3.05) is 26.6 Å². The predicted octanol–water partition coefficient (Wildman–Crippen LogP) is 3.75. The molecule has 160 valence electrons. The zero-order valence-electron chi connectivity index (χ0n) is 17.7. The van der Waals surface area contributed by atoms with E-state index in [-0.39, 0.29) is 5.91 Å². The molecule has 0 aliphatic rings. The number of hydrogen-bond donors (Lipinski definition) is 1. The molecule has 31 heavy (non-hydrogen) atoms. The lowest BCUT2D eigenvalue weighted by molar-refractivity contribution is 0.102. The Balaban J connectivity index is 1.67. The Morgan fingerprint density at radius 3 is 2.35 bits per heavy atom. The van der Waals surface area contributed by atoms with E-state index in [1.165, 1.54) is 32.7 Å². The average molecular weight is 439 g/mol. The molecule has 2 aromatic heterocycles. The summed E-state index contributed by atoms with van der Waals surface area (Å²) in [4.78, 5) is 13.7. The first kappa shape index (κ1) is 20.6. The second kappa shape index (κ2) is 8.23. The summed E-state index contributed by atoms with van der Waals surface area (Å²) >= 11 is 1.44. The average Bonchev–Trinajstić information content (AvgIpc) is 3.35. The quantitative estimate of drug-likeness (QED) is 0.488. The monoisotopic (exact) mass is 439 g/mol. The number of nitrogens with one attached hydrogen (secondary N) is 1. The summed E-state index contributed by atoms with van der Waals surface area (Å²) in [5, 5.41) is 16.5. The maximum absolute atomic E-state index is 13.0. The van der Waals surface area contributed by atoms with Crippen LogP contribution >= 0.6 is 11.3 Å². The Morgan fingerprint density at radius 2 is 1.74 bits per heavy atom. The fraction of sp³-hybridized carbons (Fsp3) is 0.238. The summed E-state index contributed by atoms with van der Waals surface area (Å²) in [6.07, 6.45) is 0. The fourth-order valence-electron chi connectivity index (χ4n) is 3.23.